The van der Waals surface area contributed by atoms with Gasteiger partial charge in [0.1, 0.15) is 5.02 Å². The lowest BCUT2D eigenvalue weighted by Gasteiger charge is -2.02. The summed E-state index contributed by atoms with van der Waals surface area (Å²) >= 11 is 6.04. The van der Waals surface area contributed by atoms with Crippen molar-refractivity contribution in [2.24, 2.45) is 0 Å². The number of nitrogens with zero attached hydrogens (tertiary/aromatic N) is 4. The Labute approximate surface area is 114 Å². The van der Waals surface area contributed by atoms with Crippen LogP contribution in [0.3, 0.4) is 0 Å². The van der Waals surface area contributed by atoms with Crippen LogP contribution in [0.15, 0.2) is 48.9 Å². The molecule has 1 aromatic carbocycles. The molecule has 0 saturated carbocycles. The molecule has 19 heavy (non-hydrogen) atoms. The van der Waals surface area contributed by atoms with Gasteiger partial charge in [-0.25, -0.2) is 9.67 Å². The molecule has 6 heteroatoms. The van der Waals surface area contributed by atoms with Gasteiger partial charge in [0.2, 0.25) is 5.95 Å². The van der Waals surface area contributed by atoms with Gasteiger partial charge in [0.05, 0.1) is 12.4 Å². The summed E-state index contributed by atoms with van der Waals surface area (Å²) in [6, 6.07) is 9.94. The van der Waals surface area contributed by atoms with Crippen LogP contribution >= 0.6 is 11.6 Å². The Bertz CT molecular complexity index is 708. The Morgan fingerprint density at radius 1 is 1.05 bits per heavy atom. The minimum absolute atomic E-state index is 0.163. The topological polar surface area (TPSA) is 69.6 Å². The van der Waals surface area contributed by atoms with E-state index < -0.39 is 0 Å². The second-order valence-electron chi connectivity index (χ2n) is 3.94. The lowest BCUT2D eigenvalue weighted by Crippen LogP contribution is -2.03. The first-order chi connectivity index (χ1) is 9.24. The van der Waals surface area contributed by atoms with Gasteiger partial charge in [0.15, 0.2) is 5.82 Å². The van der Waals surface area contributed by atoms with Crippen LogP contribution in [0.4, 0.5) is 5.95 Å². The highest BCUT2D eigenvalue weighted by molar-refractivity contribution is 6.32. The Hall–Kier alpha value is -2.40. The molecule has 2 heterocycles. The fraction of sp³-hybridized carbons (Fsp3) is 0. The fourth-order valence-corrected chi connectivity index (χ4v) is 1.93. The zero-order chi connectivity index (χ0) is 13.2. The minimum Gasteiger partial charge on any atom is -0.368 e. The third-order valence-corrected chi connectivity index (χ3v) is 2.92. The number of anilines is 1. The van der Waals surface area contributed by atoms with Gasteiger partial charge >= 0.3 is 0 Å². The molecule has 94 valence electrons. The first kappa shape index (κ1) is 11.7. The van der Waals surface area contributed by atoms with Crippen molar-refractivity contribution >= 4 is 17.5 Å². The molecule has 5 nitrogen and oxygen atoms in total. The molecular weight excluding hydrogens is 262 g/mol. The zero-order valence-electron chi connectivity index (χ0n) is 9.86. The van der Waals surface area contributed by atoms with Crippen molar-refractivity contribution in [2.45, 2.75) is 0 Å². The first-order valence-electron chi connectivity index (χ1n) is 5.62. The molecule has 0 aliphatic rings. The predicted molar refractivity (Wildman–Crippen MR) is 74.0 cm³/mol. The minimum atomic E-state index is 0.163. The van der Waals surface area contributed by atoms with Gasteiger partial charge < -0.3 is 5.73 Å². The molecule has 2 N–H and O–H groups in total. The second kappa shape index (κ2) is 4.70. The highest BCUT2D eigenvalue weighted by atomic mass is 35.5. The van der Waals surface area contributed by atoms with E-state index in [2.05, 4.69) is 15.1 Å². The maximum atomic E-state index is 6.04. The summed E-state index contributed by atoms with van der Waals surface area (Å²) in [5.41, 5.74) is 7.62. The van der Waals surface area contributed by atoms with Gasteiger partial charge in [-0.15, -0.1) is 0 Å². The van der Waals surface area contributed by atoms with E-state index in [0.717, 1.165) is 11.1 Å². The van der Waals surface area contributed by atoms with Crippen LogP contribution in [-0.2, 0) is 0 Å². The number of benzene rings is 1. The molecule has 0 saturated heterocycles. The molecule has 0 radical (unpaired) electrons. The zero-order valence-corrected chi connectivity index (χ0v) is 10.6. The van der Waals surface area contributed by atoms with Crippen LogP contribution in [0.1, 0.15) is 0 Å². The fourth-order valence-electron chi connectivity index (χ4n) is 1.75. The lowest BCUT2D eigenvalue weighted by atomic mass is 10.1. The van der Waals surface area contributed by atoms with E-state index in [-0.39, 0.29) is 5.95 Å². The van der Waals surface area contributed by atoms with Crippen molar-refractivity contribution in [1.82, 2.24) is 19.7 Å². The summed E-state index contributed by atoms with van der Waals surface area (Å²) in [5.74, 6) is 0.632. The third kappa shape index (κ3) is 2.28. The van der Waals surface area contributed by atoms with Crippen LogP contribution < -0.4 is 5.73 Å². The summed E-state index contributed by atoms with van der Waals surface area (Å²) < 4.78 is 1.59. The van der Waals surface area contributed by atoms with Crippen molar-refractivity contribution in [3.8, 4) is 16.9 Å². The number of nitrogen functional groups attached to an aromatic ring is 1. The van der Waals surface area contributed by atoms with Gasteiger partial charge in [0, 0.05) is 11.8 Å². The van der Waals surface area contributed by atoms with Crippen molar-refractivity contribution in [2.75, 3.05) is 5.73 Å². The average molecular weight is 272 g/mol. The number of rotatable bonds is 2. The summed E-state index contributed by atoms with van der Waals surface area (Å²) in [6.45, 7) is 0. The largest absolute Gasteiger partial charge is 0.368 e. The summed E-state index contributed by atoms with van der Waals surface area (Å²) in [4.78, 5) is 7.91. The van der Waals surface area contributed by atoms with Crippen molar-refractivity contribution in [3.05, 3.63) is 53.9 Å². The van der Waals surface area contributed by atoms with E-state index in [1.807, 2.05) is 36.5 Å². The van der Waals surface area contributed by atoms with Gasteiger partial charge in [-0.3, -0.25) is 0 Å². The molecule has 0 aliphatic heterocycles. The van der Waals surface area contributed by atoms with E-state index in [1.54, 1.807) is 10.9 Å². The summed E-state index contributed by atoms with van der Waals surface area (Å²) in [5, 5.41) is 4.65. The Morgan fingerprint density at radius 3 is 2.63 bits per heavy atom. The second-order valence-corrected chi connectivity index (χ2v) is 4.35. The Kier molecular flexibility index (Phi) is 2.89. The van der Waals surface area contributed by atoms with Crippen molar-refractivity contribution in [1.29, 1.82) is 0 Å². The van der Waals surface area contributed by atoms with E-state index in [1.165, 1.54) is 6.20 Å². The van der Waals surface area contributed by atoms with Crippen LogP contribution in [-0.4, -0.2) is 19.7 Å². The number of hydrogen-bond donors (Lipinski definition) is 1. The maximum absolute atomic E-state index is 6.04. The predicted octanol–water partition coefficient (Wildman–Crippen LogP) is 2.56. The third-order valence-electron chi connectivity index (χ3n) is 2.65. The van der Waals surface area contributed by atoms with Gasteiger partial charge in [0.25, 0.3) is 0 Å². The standard InChI is InChI=1S/C13H10ClN5/c14-11-7-16-13(15)18-12(11)19-8-10(6-17-19)9-4-2-1-3-5-9/h1-8H,(H2,15,16,18). The summed E-state index contributed by atoms with van der Waals surface area (Å²) in [6.07, 6.45) is 5.07. The number of nitrogens with two attached hydrogens (primary N) is 1. The molecule has 0 bridgehead atoms. The number of aromatic nitrogens is 4. The smallest absolute Gasteiger partial charge is 0.222 e. The van der Waals surface area contributed by atoms with Crippen molar-refractivity contribution < 1.29 is 0 Å². The average Bonchev–Trinajstić information content (AvgIpc) is 2.92. The Balaban J connectivity index is 2.04. The van der Waals surface area contributed by atoms with Crippen LogP contribution in [0.25, 0.3) is 16.9 Å². The monoisotopic (exact) mass is 271 g/mol. The molecule has 3 aromatic rings. The van der Waals surface area contributed by atoms with Crippen LogP contribution in [0, 0.1) is 0 Å². The van der Waals surface area contributed by atoms with Gasteiger partial charge in [-0.05, 0) is 5.56 Å². The highest BCUT2D eigenvalue weighted by Crippen LogP contribution is 2.22. The lowest BCUT2D eigenvalue weighted by molar-refractivity contribution is 0.843. The van der Waals surface area contributed by atoms with Crippen molar-refractivity contribution in [3.63, 3.8) is 0 Å². The molecule has 0 spiro atoms. The first-order valence-corrected chi connectivity index (χ1v) is 6.00. The molecule has 0 fully saturated rings. The molecule has 0 aliphatic carbocycles. The van der Waals surface area contributed by atoms with E-state index in [9.17, 15) is 0 Å². The molecule has 0 unspecified atom stereocenters. The van der Waals surface area contributed by atoms with Gasteiger partial charge in [-0.1, -0.05) is 41.9 Å². The quantitative estimate of drug-likeness (QED) is 0.778. The Morgan fingerprint density at radius 2 is 1.84 bits per heavy atom. The van der Waals surface area contributed by atoms with Crippen LogP contribution in [0.5, 0.6) is 0 Å². The molecule has 3 rings (SSSR count). The molecule has 0 amide bonds. The molecule has 0 atom stereocenters. The van der Waals surface area contributed by atoms with Gasteiger partial charge in [-0.2, -0.15) is 10.1 Å². The van der Waals surface area contributed by atoms with E-state index >= 15 is 0 Å². The van der Waals surface area contributed by atoms with E-state index in [4.69, 9.17) is 17.3 Å². The SMILES string of the molecule is Nc1ncc(Cl)c(-n2cc(-c3ccccc3)cn2)n1. The normalized spacial score (nSPS) is 10.6. The summed E-state index contributed by atoms with van der Waals surface area (Å²) in [7, 11) is 0. The van der Waals surface area contributed by atoms with E-state index in [0.29, 0.717) is 10.8 Å². The number of halogens is 1. The van der Waals surface area contributed by atoms with Crippen LogP contribution in [0.2, 0.25) is 5.02 Å². The highest BCUT2D eigenvalue weighted by Gasteiger charge is 2.09. The molecule has 2 aromatic heterocycles. The molecular formula is C13H10ClN5. The maximum Gasteiger partial charge on any atom is 0.222 e. The number of hydrogen-bond acceptors (Lipinski definition) is 4.